The highest BCUT2D eigenvalue weighted by atomic mass is 35.5. The van der Waals surface area contributed by atoms with Crippen molar-refractivity contribution in [3.63, 3.8) is 0 Å². The molecule has 4 rings (SSSR count). The normalized spacial score (nSPS) is 11.1. The van der Waals surface area contributed by atoms with E-state index < -0.39 is 5.82 Å². The van der Waals surface area contributed by atoms with E-state index in [2.05, 4.69) is 9.97 Å². The van der Waals surface area contributed by atoms with E-state index in [4.69, 9.17) is 16.3 Å². The fraction of sp³-hybridized carbons (Fsp3) is 0.0556. The lowest BCUT2D eigenvalue weighted by Gasteiger charge is -2.08. The lowest BCUT2D eigenvalue weighted by atomic mass is 10.0. The molecule has 0 aliphatic rings. The topological polar surface area (TPSA) is 37.9 Å². The zero-order valence-corrected chi connectivity index (χ0v) is 14.2. The minimum absolute atomic E-state index is 0.225. The zero-order chi connectivity index (χ0) is 16.7. The van der Waals surface area contributed by atoms with Gasteiger partial charge in [-0.15, -0.1) is 11.3 Å². The van der Waals surface area contributed by atoms with Gasteiger partial charge in [-0.25, -0.2) is 9.37 Å². The molecule has 0 spiro atoms. The van der Waals surface area contributed by atoms with Crippen LogP contribution in [0.15, 0.2) is 48.8 Å². The number of para-hydroxylation sites is 1. The number of fused-ring (bicyclic) bond motifs is 1. The van der Waals surface area contributed by atoms with E-state index in [9.17, 15) is 4.39 Å². The Morgan fingerprint density at radius 3 is 2.83 bits per heavy atom. The summed E-state index contributed by atoms with van der Waals surface area (Å²) in [6.45, 7) is 0. The predicted octanol–water partition coefficient (Wildman–Crippen LogP) is 5.76. The fourth-order valence-electron chi connectivity index (χ4n) is 2.76. The van der Waals surface area contributed by atoms with Crippen LogP contribution in [0.3, 0.4) is 0 Å². The molecule has 3 aromatic heterocycles. The van der Waals surface area contributed by atoms with Crippen molar-refractivity contribution in [3.8, 4) is 27.3 Å². The van der Waals surface area contributed by atoms with Gasteiger partial charge in [-0.2, -0.15) is 0 Å². The molecule has 0 atom stereocenters. The number of hydrogen-bond donors (Lipinski definition) is 1. The third kappa shape index (κ3) is 2.46. The van der Waals surface area contributed by atoms with Crippen molar-refractivity contribution in [2.24, 2.45) is 0 Å². The summed E-state index contributed by atoms with van der Waals surface area (Å²) in [5.41, 5.74) is 3.24. The van der Waals surface area contributed by atoms with E-state index in [-0.39, 0.29) is 5.75 Å². The van der Waals surface area contributed by atoms with E-state index >= 15 is 0 Å². The van der Waals surface area contributed by atoms with Crippen LogP contribution in [0.25, 0.3) is 32.6 Å². The maximum atomic E-state index is 14.0. The highest BCUT2D eigenvalue weighted by Crippen LogP contribution is 2.38. The number of methoxy groups -OCH3 is 1. The second-order valence-corrected chi connectivity index (χ2v) is 6.96. The molecule has 120 valence electrons. The number of ether oxygens (including phenoxy) is 1. The number of rotatable bonds is 3. The molecule has 6 heteroatoms. The number of nitrogens with zero attached hydrogens (tertiary/aromatic N) is 1. The monoisotopic (exact) mass is 358 g/mol. The van der Waals surface area contributed by atoms with E-state index in [0.29, 0.717) is 5.56 Å². The van der Waals surface area contributed by atoms with Crippen molar-refractivity contribution >= 4 is 34.0 Å². The number of aromatic amines is 1. The van der Waals surface area contributed by atoms with E-state index in [1.54, 1.807) is 12.3 Å². The summed E-state index contributed by atoms with van der Waals surface area (Å²) in [5.74, 6) is -0.165. The van der Waals surface area contributed by atoms with Crippen molar-refractivity contribution in [1.82, 2.24) is 9.97 Å². The first kappa shape index (κ1) is 15.2. The quantitative estimate of drug-likeness (QED) is 0.505. The third-order valence-corrected chi connectivity index (χ3v) is 5.13. The van der Waals surface area contributed by atoms with Crippen LogP contribution in [-0.4, -0.2) is 17.1 Å². The van der Waals surface area contributed by atoms with Gasteiger partial charge in [0.15, 0.2) is 11.6 Å². The lowest BCUT2D eigenvalue weighted by Crippen LogP contribution is -1.91. The Hall–Kier alpha value is -2.37. The second-order valence-electron chi connectivity index (χ2n) is 5.25. The first-order valence-corrected chi connectivity index (χ1v) is 8.42. The van der Waals surface area contributed by atoms with Gasteiger partial charge < -0.3 is 9.72 Å². The van der Waals surface area contributed by atoms with Gasteiger partial charge >= 0.3 is 0 Å². The number of hydrogen-bond acceptors (Lipinski definition) is 3. The van der Waals surface area contributed by atoms with Crippen LogP contribution in [0.1, 0.15) is 0 Å². The van der Waals surface area contributed by atoms with Gasteiger partial charge in [-0.05, 0) is 24.3 Å². The van der Waals surface area contributed by atoms with Crippen molar-refractivity contribution in [2.75, 3.05) is 7.11 Å². The SMILES string of the molecule is COc1c(F)cccc1-c1c[nH]c2ncc(-c3ccc(Cl)s3)cc12. The lowest BCUT2D eigenvalue weighted by molar-refractivity contribution is 0.388. The predicted molar refractivity (Wildman–Crippen MR) is 96.4 cm³/mol. The van der Waals surface area contributed by atoms with Gasteiger partial charge in [-0.1, -0.05) is 23.7 Å². The van der Waals surface area contributed by atoms with Gasteiger partial charge in [0.25, 0.3) is 0 Å². The minimum Gasteiger partial charge on any atom is -0.493 e. The molecule has 24 heavy (non-hydrogen) atoms. The Morgan fingerprint density at radius 2 is 2.08 bits per heavy atom. The molecule has 3 heterocycles. The van der Waals surface area contributed by atoms with Crippen LogP contribution in [0.5, 0.6) is 5.75 Å². The number of H-pyrrole nitrogens is 1. The molecule has 0 radical (unpaired) electrons. The summed E-state index contributed by atoms with van der Waals surface area (Å²) in [5, 5.41) is 0.904. The number of pyridine rings is 1. The molecule has 0 bridgehead atoms. The molecule has 0 saturated carbocycles. The molecule has 3 nitrogen and oxygen atoms in total. The molecule has 0 unspecified atom stereocenters. The van der Waals surface area contributed by atoms with Crippen molar-refractivity contribution in [3.05, 3.63) is 58.9 Å². The van der Waals surface area contributed by atoms with Crippen LogP contribution in [0, 0.1) is 5.82 Å². The van der Waals surface area contributed by atoms with Crippen LogP contribution in [0.2, 0.25) is 4.34 Å². The minimum atomic E-state index is -0.390. The molecular formula is C18H12ClFN2OS. The highest BCUT2D eigenvalue weighted by molar-refractivity contribution is 7.19. The Balaban J connectivity index is 1.93. The molecule has 0 aliphatic heterocycles. The summed E-state index contributed by atoms with van der Waals surface area (Å²) in [7, 11) is 1.47. The maximum Gasteiger partial charge on any atom is 0.165 e. The number of benzene rings is 1. The standard InChI is InChI=1S/C18H12ClFN2OS/c1-23-17-11(3-2-4-14(17)20)13-9-22-18-12(13)7-10(8-21-18)15-5-6-16(19)24-15/h2-9H,1H3,(H,21,22). The van der Waals surface area contributed by atoms with Crippen molar-refractivity contribution in [2.45, 2.75) is 0 Å². The Kier molecular flexibility index (Phi) is 3.75. The highest BCUT2D eigenvalue weighted by Gasteiger charge is 2.15. The van der Waals surface area contributed by atoms with Gasteiger partial charge in [-0.3, -0.25) is 0 Å². The third-order valence-electron chi connectivity index (χ3n) is 3.85. The maximum absolute atomic E-state index is 14.0. The van der Waals surface area contributed by atoms with Gasteiger partial charge in [0.2, 0.25) is 0 Å². The molecule has 4 aromatic rings. The largest absolute Gasteiger partial charge is 0.493 e. The summed E-state index contributed by atoms with van der Waals surface area (Å²) in [6, 6.07) is 10.7. The molecule has 0 amide bonds. The Morgan fingerprint density at radius 1 is 1.21 bits per heavy atom. The molecular weight excluding hydrogens is 347 g/mol. The number of aromatic nitrogens is 2. The molecule has 1 aromatic carbocycles. The number of nitrogens with one attached hydrogen (secondary N) is 1. The Bertz CT molecular complexity index is 1040. The average Bonchev–Trinajstić information content (AvgIpc) is 3.20. The summed E-state index contributed by atoms with van der Waals surface area (Å²) >= 11 is 7.52. The summed E-state index contributed by atoms with van der Waals surface area (Å²) in [6.07, 6.45) is 3.62. The molecule has 1 N–H and O–H groups in total. The van der Waals surface area contributed by atoms with E-state index in [1.807, 2.05) is 30.5 Å². The van der Waals surface area contributed by atoms with Gasteiger partial charge in [0.1, 0.15) is 5.65 Å². The van der Waals surface area contributed by atoms with Crippen LogP contribution >= 0.6 is 22.9 Å². The molecule has 0 saturated heterocycles. The van der Waals surface area contributed by atoms with E-state index in [0.717, 1.165) is 31.4 Å². The van der Waals surface area contributed by atoms with Crippen LogP contribution in [0.4, 0.5) is 4.39 Å². The summed E-state index contributed by atoms with van der Waals surface area (Å²) in [4.78, 5) is 8.63. The van der Waals surface area contributed by atoms with E-state index in [1.165, 1.54) is 24.5 Å². The fourth-order valence-corrected chi connectivity index (χ4v) is 3.78. The van der Waals surface area contributed by atoms with Crippen LogP contribution < -0.4 is 4.74 Å². The second kappa shape index (κ2) is 5.92. The van der Waals surface area contributed by atoms with Gasteiger partial charge in [0, 0.05) is 39.3 Å². The zero-order valence-electron chi connectivity index (χ0n) is 12.6. The summed E-state index contributed by atoms with van der Waals surface area (Å²) < 4.78 is 20.0. The van der Waals surface area contributed by atoms with Crippen molar-refractivity contribution in [1.29, 1.82) is 0 Å². The number of thiophene rings is 1. The molecule has 0 fully saturated rings. The Labute approximate surface area is 146 Å². The van der Waals surface area contributed by atoms with Crippen molar-refractivity contribution < 1.29 is 9.13 Å². The van der Waals surface area contributed by atoms with Crippen LogP contribution in [-0.2, 0) is 0 Å². The van der Waals surface area contributed by atoms with Gasteiger partial charge in [0.05, 0.1) is 11.4 Å². The average molecular weight is 359 g/mol. The molecule has 0 aliphatic carbocycles. The first-order valence-electron chi connectivity index (χ1n) is 7.23. The smallest absolute Gasteiger partial charge is 0.165 e. The number of halogens is 2. The first-order chi connectivity index (χ1) is 11.7.